The molecular formula is C52H51N5O17. The quantitative estimate of drug-likeness (QED) is 0.0369. The number of hydrogen-bond donors (Lipinski definition) is 0. The van der Waals surface area contributed by atoms with Gasteiger partial charge in [-0.25, -0.2) is 28.8 Å². The predicted molar refractivity (Wildman–Crippen MR) is 266 cm³/mol. The van der Waals surface area contributed by atoms with Gasteiger partial charge in [-0.3, -0.25) is 30.2 Å². The fourth-order valence-corrected chi connectivity index (χ4v) is 8.49. The van der Waals surface area contributed by atoms with Gasteiger partial charge >= 0.3 is 35.8 Å². The van der Waals surface area contributed by atoms with Crippen molar-refractivity contribution in [3.8, 4) is 22.3 Å². The molecule has 0 fully saturated rings. The van der Waals surface area contributed by atoms with Crippen LogP contribution in [0.3, 0.4) is 0 Å². The number of nitro groups is 2. The van der Waals surface area contributed by atoms with Crippen LogP contribution in [0.1, 0.15) is 96.0 Å². The molecule has 3 aromatic carbocycles. The van der Waals surface area contributed by atoms with E-state index < -0.39 is 51.6 Å². The number of pyridine rings is 2. The lowest BCUT2D eigenvalue weighted by molar-refractivity contribution is -0.385. The maximum atomic E-state index is 12.4. The van der Waals surface area contributed by atoms with Crippen LogP contribution in [0.5, 0.6) is 0 Å². The first-order chi connectivity index (χ1) is 35.1. The summed E-state index contributed by atoms with van der Waals surface area (Å²) in [5.74, 6) is -4.97. The first-order valence-corrected chi connectivity index (χ1v) is 21.9. The Morgan fingerprint density at radius 1 is 0.486 bits per heavy atom. The third-order valence-electron chi connectivity index (χ3n) is 11.6. The van der Waals surface area contributed by atoms with Crippen LogP contribution in [0.2, 0.25) is 0 Å². The van der Waals surface area contributed by atoms with Crippen LogP contribution in [-0.2, 0) is 38.0 Å². The monoisotopic (exact) mass is 1020 g/mol. The Kier molecular flexibility index (Phi) is 19.5. The lowest BCUT2D eigenvalue weighted by atomic mass is 9.74. The van der Waals surface area contributed by atoms with Crippen molar-refractivity contribution < 1.29 is 67.0 Å². The fraction of sp³-hybridized carbons (Fsp3) is 0.269. The normalized spacial score (nSPS) is 11.9. The van der Waals surface area contributed by atoms with E-state index in [4.69, 9.17) is 28.4 Å². The number of benzene rings is 3. The van der Waals surface area contributed by atoms with E-state index >= 15 is 0 Å². The van der Waals surface area contributed by atoms with Gasteiger partial charge in [-0.2, -0.15) is 0 Å². The minimum atomic E-state index is -0.907. The topological polar surface area (TPSA) is 299 Å². The Labute approximate surface area is 423 Å². The molecule has 0 N–H and O–H groups in total. The molecule has 5 aromatic rings. The van der Waals surface area contributed by atoms with Gasteiger partial charge in [0.05, 0.1) is 109 Å². The van der Waals surface area contributed by atoms with Crippen molar-refractivity contribution >= 4 is 52.9 Å². The Morgan fingerprint density at radius 2 is 0.811 bits per heavy atom. The standard InChI is InChI=1S/C18H19NO6.C17H16N2O6.C17H16N2O5/c1-10-9-11(2)15(18(21)25-4)16(14(10)17(20)24-3)12-7-5-6-8-13(12)19(22)23;1-9-13(16(20)24-3)15(14(10(2)18-9)17(21)25-4)11-7-5-6-8-12(11)19(22)23;1-9-13(16(20)23-3)15(11-7-5-6-8-12(11)19-22)14(10(2)18-9)17(21)24-4/h5-8,16H,9H2,1-4H3;5-8H,1-4H3;5-8H,1-4H3. The molecule has 0 saturated carbocycles. The van der Waals surface area contributed by atoms with Crippen LogP contribution in [0.15, 0.2) is 100 Å². The van der Waals surface area contributed by atoms with Crippen LogP contribution < -0.4 is 0 Å². The Hall–Kier alpha value is -9.34. The number of carbonyl (C=O) groups is 6. The minimum absolute atomic E-state index is 0.0113. The van der Waals surface area contributed by atoms with Gasteiger partial charge < -0.3 is 28.4 Å². The van der Waals surface area contributed by atoms with Gasteiger partial charge in [0.25, 0.3) is 11.4 Å². The van der Waals surface area contributed by atoms with E-state index in [1.54, 1.807) is 77.9 Å². The highest BCUT2D eigenvalue weighted by atomic mass is 16.6. The molecule has 22 heteroatoms. The molecule has 22 nitrogen and oxygen atoms in total. The molecule has 2 heterocycles. The summed E-state index contributed by atoms with van der Waals surface area (Å²) in [5, 5.41) is 25.9. The zero-order valence-corrected chi connectivity index (χ0v) is 42.4. The molecule has 386 valence electrons. The molecule has 0 atom stereocenters. The largest absolute Gasteiger partial charge is 0.466 e. The van der Waals surface area contributed by atoms with Crippen molar-refractivity contribution in [2.75, 3.05) is 42.7 Å². The molecule has 0 unspecified atom stereocenters. The zero-order chi connectivity index (χ0) is 55.3. The second-order valence-corrected chi connectivity index (χ2v) is 16.0. The maximum Gasteiger partial charge on any atom is 0.340 e. The number of methoxy groups -OCH3 is 6. The first-order valence-electron chi connectivity index (χ1n) is 21.9. The van der Waals surface area contributed by atoms with Crippen LogP contribution in [0.4, 0.5) is 17.1 Å². The van der Waals surface area contributed by atoms with E-state index in [1.165, 1.54) is 79.1 Å². The van der Waals surface area contributed by atoms with Gasteiger partial charge in [0, 0.05) is 45.5 Å². The number of esters is 6. The number of aromatic nitrogens is 2. The van der Waals surface area contributed by atoms with E-state index in [9.17, 15) is 53.9 Å². The number of aryl methyl sites for hydroxylation is 4. The molecule has 0 saturated heterocycles. The Morgan fingerprint density at radius 3 is 1.18 bits per heavy atom. The van der Waals surface area contributed by atoms with Gasteiger partial charge in [0.2, 0.25) is 0 Å². The van der Waals surface area contributed by atoms with E-state index in [0.29, 0.717) is 45.9 Å². The lowest BCUT2D eigenvalue weighted by Crippen LogP contribution is -2.26. The van der Waals surface area contributed by atoms with Crippen molar-refractivity contribution in [3.05, 3.63) is 171 Å². The predicted octanol–water partition coefficient (Wildman–Crippen LogP) is 9.24. The van der Waals surface area contributed by atoms with Crippen LogP contribution in [0, 0.1) is 52.8 Å². The van der Waals surface area contributed by atoms with Crippen molar-refractivity contribution in [2.45, 2.75) is 53.9 Å². The molecule has 0 amide bonds. The van der Waals surface area contributed by atoms with Crippen molar-refractivity contribution in [1.82, 2.24) is 9.97 Å². The van der Waals surface area contributed by atoms with Gasteiger partial charge in [-0.1, -0.05) is 59.7 Å². The van der Waals surface area contributed by atoms with Gasteiger partial charge in [0.15, 0.2) is 0 Å². The second kappa shape index (κ2) is 25.2. The first kappa shape index (κ1) is 57.2. The average molecular weight is 1020 g/mol. The third-order valence-corrected chi connectivity index (χ3v) is 11.6. The zero-order valence-electron chi connectivity index (χ0n) is 42.4. The summed E-state index contributed by atoms with van der Waals surface area (Å²) in [4.78, 5) is 115. The van der Waals surface area contributed by atoms with E-state index in [-0.39, 0.29) is 72.7 Å². The molecule has 0 radical (unpaired) electrons. The van der Waals surface area contributed by atoms with Crippen LogP contribution in [0.25, 0.3) is 22.3 Å². The fourth-order valence-electron chi connectivity index (χ4n) is 8.49. The second-order valence-electron chi connectivity index (χ2n) is 16.0. The summed E-state index contributed by atoms with van der Waals surface area (Å²) in [5.41, 5.74) is 4.11. The van der Waals surface area contributed by atoms with Crippen LogP contribution >= 0.6 is 0 Å². The number of hydrogen-bond acceptors (Lipinski definition) is 20. The summed E-state index contributed by atoms with van der Waals surface area (Å²) in [6, 6.07) is 18.3. The van der Waals surface area contributed by atoms with E-state index in [0.717, 1.165) is 0 Å². The number of allylic oxidation sites excluding steroid dienone is 2. The number of rotatable bonds is 12. The smallest absolute Gasteiger partial charge is 0.340 e. The van der Waals surface area contributed by atoms with Crippen LogP contribution in [-0.4, -0.2) is 98.3 Å². The number of ether oxygens (including phenoxy) is 6. The van der Waals surface area contributed by atoms with Crippen molar-refractivity contribution in [2.24, 2.45) is 5.18 Å². The van der Waals surface area contributed by atoms with Gasteiger partial charge in [0.1, 0.15) is 5.69 Å². The highest BCUT2D eigenvalue weighted by Crippen LogP contribution is 2.45. The molecular weight excluding hydrogens is 967 g/mol. The molecule has 74 heavy (non-hydrogen) atoms. The summed E-state index contributed by atoms with van der Waals surface area (Å²) in [7, 11) is 7.30. The molecule has 1 aliphatic rings. The number of para-hydroxylation sites is 2. The number of nitroso groups, excluding NO2 is 1. The maximum absolute atomic E-state index is 12.4. The highest BCUT2D eigenvalue weighted by Gasteiger charge is 2.40. The van der Waals surface area contributed by atoms with Gasteiger partial charge in [-0.05, 0) is 65.3 Å². The Balaban J connectivity index is 0.000000240. The summed E-state index contributed by atoms with van der Waals surface area (Å²) in [6.07, 6.45) is 0.395. The minimum Gasteiger partial charge on any atom is -0.466 e. The molecule has 1 aliphatic carbocycles. The summed E-state index contributed by atoms with van der Waals surface area (Å²) >= 11 is 0. The number of nitro benzene ring substituents is 2. The number of nitrogens with zero attached hydrogens (tertiary/aromatic N) is 5. The average Bonchev–Trinajstić information content (AvgIpc) is 3.39. The lowest BCUT2D eigenvalue weighted by Gasteiger charge is -2.29. The highest BCUT2D eigenvalue weighted by molar-refractivity contribution is 6.09. The SMILES string of the molecule is COC(=O)C1=C(C)CC(C)=C(C(=O)OC)C1c1ccccc1[N+](=O)[O-].COC(=O)c1c(C)nc(C)c(C(=O)OC)c1-c1ccccc1N=O.COC(=O)c1c(C)nc(C)c(C(=O)OC)c1-c1ccccc1[N+](=O)[O-]. The van der Waals surface area contributed by atoms with Gasteiger partial charge in [-0.15, -0.1) is 4.91 Å². The molecule has 0 spiro atoms. The van der Waals surface area contributed by atoms with Crippen molar-refractivity contribution in [3.63, 3.8) is 0 Å². The molecule has 0 aliphatic heterocycles. The third kappa shape index (κ3) is 11.9. The molecule has 2 aromatic heterocycles. The number of carbonyl (C=O) groups excluding carboxylic acids is 6. The summed E-state index contributed by atoms with van der Waals surface area (Å²) < 4.78 is 29.0. The van der Waals surface area contributed by atoms with Crippen molar-refractivity contribution in [1.29, 1.82) is 0 Å². The summed E-state index contributed by atoms with van der Waals surface area (Å²) in [6.45, 7) is 9.90. The Bertz CT molecular complexity index is 3060. The van der Waals surface area contributed by atoms with E-state index in [2.05, 4.69) is 15.1 Å². The molecule has 6 rings (SSSR count). The van der Waals surface area contributed by atoms with E-state index in [1.807, 2.05) is 0 Å². The molecule has 0 bridgehead atoms.